The number of carbonyl (C=O) groups is 2. The summed E-state index contributed by atoms with van der Waals surface area (Å²) in [5.41, 5.74) is 7.74. The summed E-state index contributed by atoms with van der Waals surface area (Å²) in [6.45, 7) is 0.150. The Kier molecular flexibility index (Phi) is 4.47. The average Bonchev–Trinajstić information content (AvgIpc) is 2.99. The molecule has 3 N–H and O–H groups in total. The van der Waals surface area contributed by atoms with E-state index in [2.05, 4.69) is 4.98 Å². The number of nitrogens with one attached hydrogen (secondary N) is 1. The van der Waals surface area contributed by atoms with Gasteiger partial charge in [-0.1, -0.05) is 36.4 Å². The smallest absolute Gasteiger partial charge is 0.422 e. The van der Waals surface area contributed by atoms with Gasteiger partial charge in [0.1, 0.15) is 0 Å². The van der Waals surface area contributed by atoms with E-state index in [0.29, 0.717) is 12.1 Å². The van der Waals surface area contributed by atoms with Gasteiger partial charge < -0.3 is 15.5 Å². The summed E-state index contributed by atoms with van der Waals surface area (Å²) < 4.78 is 5.21. The van der Waals surface area contributed by atoms with Crippen LogP contribution in [0.4, 0.5) is 15.3 Å². The molecule has 1 aromatic heterocycles. The summed E-state index contributed by atoms with van der Waals surface area (Å²) >= 11 is 0. The summed E-state index contributed by atoms with van der Waals surface area (Å²) in [6, 6.07) is 15.5. The Labute approximate surface area is 138 Å². The first kappa shape index (κ1) is 15.6. The highest BCUT2D eigenvalue weighted by atomic mass is 16.6. The van der Waals surface area contributed by atoms with Crippen molar-refractivity contribution >= 4 is 28.7 Å². The average molecular weight is 323 g/mol. The van der Waals surface area contributed by atoms with Crippen LogP contribution in [0.3, 0.4) is 0 Å². The van der Waals surface area contributed by atoms with Gasteiger partial charge in [0.05, 0.1) is 12.3 Å². The molecule has 0 aliphatic rings. The van der Waals surface area contributed by atoms with E-state index in [1.807, 2.05) is 30.5 Å². The number of nitrogens with zero attached hydrogens (tertiary/aromatic N) is 1. The number of para-hydroxylation sites is 2. The van der Waals surface area contributed by atoms with E-state index >= 15 is 0 Å². The molecular weight excluding hydrogens is 306 g/mol. The molecule has 0 bridgehead atoms. The quantitative estimate of drug-likeness (QED) is 0.771. The number of primary amides is 1. The zero-order valence-electron chi connectivity index (χ0n) is 12.9. The zero-order valence-corrected chi connectivity index (χ0v) is 12.9. The van der Waals surface area contributed by atoms with Crippen molar-refractivity contribution in [3.63, 3.8) is 0 Å². The minimum absolute atomic E-state index is 0.150. The van der Waals surface area contributed by atoms with Gasteiger partial charge in [-0.3, -0.25) is 0 Å². The molecule has 0 spiro atoms. The minimum Gasteiger partial charge on any atom is -0.448 e. The molecule has 0 atom stereocenters. The summed E-state index contributed by atoms with van der Waals surface area (Å²) in [4.78, 5) is 27.7. The molecule has 3 amide bonds. The van der Waals surface area contributed by atoms with E-state index in [4.69, 9.17) is 10.5 Å². The number of aromatic amines is 1. The third kappa shape index (κ3) is 3.22. The lowest BCUT2D eigenvalue weighted by Crippen LogP contribution is -2.41. The van der Waals surface area contributed by atoms with Gasteiger partial charge in [0.2, 0.25) is 0 Å². The van der Waals surface area contributed by atoms with E-state index in [-0.39, 0.29) is 6.61 Å². The summed E-state index contributed by atoms with van der Waals surface area (Å²) in [6.07, 6.45) is 1.65. The number of carbonyl (C=O) groups excluding carboxylic acids is 2. The van der Waals surface area contributed by atoms with Crippen LogP contribution in [0.25, 0.3) is 10.9 Å². The Morgan fingerprint density at radius 3 is 2.50 bits per heavy atom. The molecule has 3 rings (SSSR count). The molecule has 0 unspecified atom stereocenters. The zero-order chi connectivity index (χ0) is 16.9. The van der Waals surface area contributed by atoms with Crippen molar-refractivity contribution in [1.82, 2.24) is 4.98 Å². The lowest BCUT2D eigenvalue weighted by molar-refractivity contribution is 0.156. The number of aromatic nitrogens is 1. The van der Waals surface area contributed by atoms with Gasteiger partial charge in [-0.2, -0.15) is 4.90 Å². The van der Waals surface area contributed by atoms with Crippen LogP contribution in [0.15, 0.2) is 60.8 Å². The molecule has 122 valence electrons. The summed E-state index contributed by atoms with van der Waals surface area (Å²) in [5, 5.41) is 1.09. The van der Waals surface area contributed by atoms with Gasteiger partial charge >= 0.3 is 12.1 Å². The standard InChI is InChI=1S/C18H17N3O3/c19-17(22)21(14-6-2-1-3-7-14)18(23)24-11-10-13-12-20-16-9-5-4-8-15(13)16/h1-9,12,20H,10-11H2,(H2,19,22). The van der Waals surface area contributed by atoms with Crippen LogP contribution in [0, 0.1) is 0 Å². The first-order valence-electron chi connectivity index (χ1n) is 7.53. The Hall–Kier alpha value is -3.28. The fourth-order valence-corrected chi connectivity index (χ4v) is 2.55. The maximum absolute atomic E-state index is 12.2. The van der Waals surface area contributed by atoms with E-state index < -0.39 is 12.1 Å². The maximum Gasteiger partial charge on any atom is 0.422 e. The number of H-pyrrole nitrogens is 1. The number of anilines is 1. The molecular formula is C18H17N3O3. The van der Waals surface area contributed by atoms with E-state index in [1.54, 1.807) is 30.3 Å². The topological polar surface area (TPSA) is 88.4 Å². The van der Waals surface area contributed by atoms with E-state index in [9.17, 15) is 9.59 Å². The molecule has 0 fully saturated rings. The molecule has 6 heteroatoms. The predicted molar refractivity (Wildman–Crippen MR) is 91.9 cm³/mol. The minimum atomic E-state index is -0.877. The third-order valence-corrected chi connectivity index (χ3v) is 3.69. The summed E-state index contributed by atoms with van der Waals surface area (Å²) in [5.74, 6) is 0. The van der Waals surface area contributed by atoms with Crippen LogP contribution in [0.5, 0.6) is 0 Å². The highest BCUT2D eigenvalue weighted by Gasteiger charge is 2.22. The number of fused-ring (bicyclic) bond motifs is 1. The molecule has 24 heavy (non-hydrogen) atoms. The van der Waals surface area contributed by atoms with Crippen molar-refractivity contribution in [2.75, 3.05) is 11.5 Å². The van der Waals surface area contributed by atoms with Crippen LogP contribution in [-0.2, 0) is 11.2 Å². The largest absolute Gasteiger partial charge is 0.448 e. The maximum atomic E-state index is 12.2. The van der Waals surface area contributed by atoms with Gasteiger partial charge in [0, 0.05) is 23.5 Å². The monoisotopic (exact) mass is 323 g/mol. The van der Waals surface area contributed by atoms with Crippen LogP contribution in [0.1, 0.15) is 5.56 Å². The highest BCUT2D eigenvalue weighted by Crippen LogP contribution is 2.19. The van der Waals surface area contributed by atoms with E-state index in [0.717, 1.165) is 21.4 Å². The van der Waals surface area contributed by atoms with Gasteiger partial charge in [-0.25, -0.2) is 9.59 Å². The van der Waals surface area contributed by atoms with Crippen molar-refractivity contribution in [1.29, 1.82) is 0 Å². The van der Waals surface area contributed by atoms with Crippen LogP contribution in [0.2, 0.25) is 0 Å². The number of hydrogen-bond donors (Lipinski definition) is 2. The van der Waals surface area contributed by atoms with Gasteiger partial charge in [-0.05, 0) is 23.8 Å². The van der Waals surface area contributed by atoms with Crippen molar-refractivity contribution in [2.24, 2.45) is 5.73 Å². The highest BCUT2D eigenvalue weighted by molar-refractivity contribution is 6.10. The first-order valence-corrected chi connectivity index (χ1v) is 7.53. The van der Waals surface area contributed by atoms with Crippen molar-refractivity contribution in [3.8, 4) is 0 Å². The molecule has 6 nitrogen and oxygen atoms in total. The number of benzene rings is 2. The molecule has 0 aliphatic heterocycles. The molecule has 0 radical (unpaired) electrons. The Bertz CT molecular complexity index is 858. The van der Waals surface area contributed by atoms with Crippen molar-refractivity contribution in [3.05, 3.63) is 66.4 Å². The number of imide groups is 1. The number of ether oxygens (including phenoxy) is 1. The van der Waals surface area contributed by atoms with Crippen LogP contribution < -0.4 is 10.6 Å². The second kappa shape index (κ2) is 6.87. The fraction of sp³-hybridized carbons (Fsp3) is 0.111. The normalized spacial score (nSPS) is 10.5. The number of amides is 3. The Morgan fingerprint density at radius 2 is 1.75 bits per heavy atom. The fourth-order valence-electron chi connectivity index (χ4n) is 2.55. The molecule has 2 aromatic carbocycles. The Morgan fingerprint density at radius 1 is 1.04 bits per heavy atom. The number of rotatable bonds is 4. The van der Waals surface area contributed by atoms with Gasteiger partial charge in [-0.15, -0.1) is 0 Å². The van der Waals surface area contributed by atoms with Gasteiger partial charge in [0.15, 0.2) is 0 Å². The number of urea groups is 1. The van der Waals surface area contributed by atoms with E-state index in [1.165, 1.54) is 0 Å². The van der Waals surface area contributed by atoms with Gasteiger partial charge in [0.25, 0.3) is 0 Å². The third-order valence-electron chi connectivity index (χ3n) is 3.69. The lowest BCUT2D eigenvalue weighted by atomic mass is 10.1. The van der Waals surface area contributed by atoms with Crippen LogP contribution >= 0.6 is 0 Å². The number of nitrogens with two attached hydrogens (primary N) is 1. The van der Waals surface area contributed by atoms with Crippen molar-refractivity contribution < 1.29 is 14.3 Å². The van der Waals surface area contributed by atoms with Crippen molar-refractivity contribution in [2.45, 2.75) is 6.42 Å². The second-order valence-corrected chi connectivity index (χ2v) is 5.23. The predicted octanol–water partition coefficient (Wildman–Crippen LogP) is 3.43. The summed E-state index contributed by atoms with van der Waals surface area (Å²) in [7, 11) is 0. The second-order valence-electron chi connectivity index (χ2n) is 5.23. The number of hydrogen-bond acceptors (Lipinski definition) is 3. The molecule has 1 heterocycles. The molecule has 0 saturated heterocycles. The lowest BCUT2D eigenvalue weighted by Gasteiger charge is -2.18. The molecule has 0 saturated carbocycles. The molecule has 3 aromatic rings. The SMILES string of the molecule is NC(=O)N(C(=O)OCCc1c[nH]c2ccccc12)c1ccccc1. The first-order chi connectivity index (χ1) is 11.7. The Balaban J connectivity index is 1.65. The molecule has 0 aliphatic carbocycles. The van der Waals surface area contributed by atoms with Crippen LogP contribution in [-0.4, -0.2) is 23.7 Å².